The maximum absolute atomic E-state index is 13.1. The highest BCUT2D eigenvalue weighted by atomic mass is 19.1. The van der Waals surface area contributed by atoms with Gasteiger partial charge < -0.3 is 10.6 Å². The Morgan fingerprint density at radius 3 is 2.94 bits per heavy atom. The van der Waals surface area contributed by atoms with E-state index in [4.69, 9.17) is 5.73 Å². The molecule has 1 unspecified atom stereocenters. The van der Waals surface area contributed by atoms with E-state index in [0.717, 1.165) is 30.3 Å². The molecule has 0 bridgehead atoms. The summed E-state index contributed by atoms with van der Waals surface area (Å²) in [5, 5.41) is 0. The lowest BCUT2D eigenvalue weighted by Gasteiger charge is -2.21. The molecule has 16 heavy (non-hydrogen) atoms. The van der Waals surface area contributed by atoms with Crippen LogP contribution < -0.4 is 10.6 Å². The van der Waals surface area contributed by atoms with Gasteiger partial charge in [0.1, 0.15) is 5.82 Å². The van der Waals surface area contributed by atoms with Crippen molar-refractivity contribution in [2.75, 3.05) is 18.0 Å². The van der Waals surface area contributed by atoms with Gasteiger partial charge >= 0.3 is 0 Å². The zero-order valence-corrected chi connectivity index (χ0v) is 9.75. The normalized spacial score (nSPS) is 20.4. The molecule has 2 nitrogen and oxygen atoms in total. The van der Waals surface area contributed by atoms with Gasteiger partial charge in [-0.2, -0.15) is 0 Å². The van der Waals surface area contributed by atoms with Gasteiger partial charge in [0.2, 0.25) is 0 Å². The van der Waals surface area contributed by atoms with Crippen LogP contribution in [0.2, 0.25) is 0 Å². The molecule has 1 aromatic rings. The Labute approximate surface area is 96.2 Å². The van der Waals surface area contributed by atoms with Gasteiger partial charge in [-0.1, -0.05) is 13.3 Å². The minimum Gasteiger partial charge on any atom is -0.371 e. The lowest BCUT2D eigenvalue weighted by Crippen LogP contribution is -2.21. The third kappa shape index (κ3) is 2.19. The Hall–Kier alpha value is -1.09. The van der Waals surface area contributed by atoms with Gasteiger partial charge in [-0.05, 0) is 36.1 Å². The summed E-state index contributed by atoms with van der Waals surface area (Å²) in [4.78, 5) is 2.33. The van der Waals surface area contributed by atoms with E-state index in [2.05, 4.69) is 11.8 Å². The molecular formula is C13H19FN2. The highest BCUT2D eigenvalue weighted by molar-refractivity contribution is 5.54. The Balaban J connectivity index is 2.20. The summed E-state index contributed by atoms with van der Waals surface area (Å²) in [5.74, 6) is 0.575. The Kier molecular flexibility index (Phi) is 3.44. The molecule has 1 aliphatic rings. The van der Waals surface area contributed by atoms with Crippen LogP contribution in [0.4, 0.5) is 10.1 Å². The number of rotatable bonds is 3. The molecule has 0 saturated carbocycles. The van der Waals surface area contributed by atoms with E-state index in [1.54, 1.807) is 6.07 Å². The molecule has 0 amide bonds. The molecule has 1 aliphatic heterocycles. The molecule has 3 heteroatoms. The monoisotopic (exact) mass is 222 g/mol. The molecule has 0 radical (unpaired) electrons. The standard InChI is InChI=1S/C13H19FN2/c1-2-10-5-6-16(9-10)13-4-3-12(14)7-11(13)8-15/h3-4,7,10H,2,5-6,8-9,15H2,1H3. The zero-order valence-electron chi connectivity index (χ0n) is 9.75. The van der Waals surface area contributed by atoms with Crippen molar-refractivity contribution in [2.45, 2.75) is 26.3 Å². The van der Waals surface area contributed by atoms with Crippen LogP contribution >= 0.6 is 0 Å². The molecule has 0 aromatic heterocycles. The predicted molar refractivity (Wildman–Crippen MR) is 64.9 cm³/mol. The van der Waals surface area contributed by atoms with Crippen LogP contribution in [0.25, 0.3) is 0 Å². The highest BCUT2D eigenvalue weighted by Gasteiger charge is 2.22. The summed E-state index contributed by atoms with van der Waals surface area (Å²) in [7, 11) is 0. The smallest absolute Gasteiger partial charge is 0.123 e. The molecule has 1 aromatic carbocycles. The van der Waals surface area contributed by atoms with Crippen LogP contribution in [0.15, 0.2) is 18.2 Å². The SMILES string of the molecule is CCC1CCN(c2ccc(F)cc2CN)C1. The van der Waals surface area contributed by atoms with Gasteiger partial charge in [0.15, 0.2) is 0 Å². The number of nitrogens with two attached hydrogens (primary N) is 1. The number of benzene rings is 1. The van der Waals surface area contributed by atoms with Gasteiger partial charge in [0.25, 0.3) is 0 Å². The number of nitrogens with zero attached hydrogens (tertiary/aromatic N) is 1. The van der Waals surface area contributed by atoms with Crippen molar-refractivity contribution >= 4 is 5.69 Å². The first-order valence-electron chi connectivity index (χ1n) is 5.98. The fourth-order valence-corrected chi connectivity index (χ4v) is 2.41. The van der Waals surface area contributed by atoms with Crippen molar-refractivity contribution in [3.8, 4) is 0 Å². The van der Waals surface area contributed by atoms with Crippen molar-refractivity contribution < 1.29 is 4.39 Å². The summed E-state index contributed by atoms with van der Waals surface area (Å²) in [6.07, 6.45) is 2.45. The fraction of sp³-hybridized carbons (Fsp3) is 0.538. The Morgan fingerprint density at radius 2 is 2.31 bits per heavy atom. The van der Waals surface area contributed by atoms with Crippen molar-refractivity contribution in [2.24, 2.45) is 11.7 Å². The second-order valence-electron chi connectivity index (χ2n) is 4.49. The van der Waals surface area contributed by atoms with Crippen molar-refractivity contribution in [1.82, 2.24) is 0 Å². The minimum absolute atomic E-state index is 0.199. The van der Waals surface area contributed by atoms with E-state index in [1.807, 2.05) is 6.07 Å². The highest BCUT2D eigenvalue weighted by Crippen LogP contribution is 2.28. The van der Waals surface area contributed by atoms with E-state index in [-0.39, 0.29) is 5.82 Å². The van der Waals surface area contributed by atoms with Gasteiger partial charge in [-0.15, -0.1) is 0 Å². The first-order valence-corrected chi connectivity index (χ1v) is 5.98. The van der Waals surface area contributed by atoms with Gasteiger partial charge in [-0.3, -0.25) is 0 Å². The van der Waals surface area contributed by atoms with Crippen molar-refractivity contribution in [3.05, 3.63) is 29.6 Å². The molecule has 1 heterocycles. The first kappa shape index (κ1) is 11.4. The summed E-state index contributed by atoms with van der Waals surface area (Å²) in [6, 6.07) is 4.93. The Morgan fingerprint density at radius 1 is 1.50 bits per heavy atom. The molecule has 0 spiro atoms. The van der Waals surface area contributed by atoms with Crippen LogP contribution in [0.1, 0.15) is 25.3 Å². The summed E-state index contributed by atoms with van der Waals surface area (Å²) in [5.41, 5.74) is 7.69. The average Bonchev–Trinajstić information content (AvgIpc) is 2.77. The molecule has 2 rings (SSSR count). The molecular weight excluding hydrogens is 203 g/mol. The van der Waals surface area contributed by atoms with E-state index < -0.39 is 0 Å². The van der Waals surface area contributed by atoms with Crippen LogP contribution in [0, 0.1) is 11.7 Å². The van der Waals surface area contributed by atoms with Crippen LogP contribution in [0.5, 0.6) is 0 Å². The van der Waals surface area contributed by atoms with E-state index in [9.17, 15) is 4.39 Å². The van der Waals surface area contributed by atoms with E-state index >= 15 is 0 Å². The second kappa shape index (κ2) is 4.83. The van der Waals surface area contributed by atoms with Gasteiger partial charge in [0.05, 0.1) is 0 Å². The Bertz CT molecular complexity index is 365. The van der Waals surface area contributed by atoms with Gasteiger partial charge in [0, 0.05) is 25.3 Å². The molecule has 1 atom stereocenters. The maximum atomic E-state index is 13.1. The van der Waals surface area contributed by atoms with Crippen LogP contribution in [-0.2, 0) is 6.54 Å². The van der Waals surface area contributed by atoms with Crippen molar-refractivity contribution in [1.29, 1.82) is 0 Å². The third-order valence-electron chi connectivity index (χ3n) is 3.47. The quantitative estimate of drug-likeness (QED) is 0.851. The third-order valence-corrected chi connectivity index (χ3v) is 3.47. The number of hydrogen-bond donors (Lipinski definition) is 1. The number of hydrogen-bond acceptors (Lipinski definition) is 2. The predicted octanol–water partition coefficient (Wildman–Crippen LogP) is 2.52. The summed E-state index contributed by atoms with van der Waals surface area (Å²) < 4.78 is 13.1. The molecule has 1 saturated heterocycles. The van der Waals surface area contributed by atoms with Gasteiger partial charge in [-0.25, -0.2) is 4.39 Å². The molecule has 2 N–H and O–H groups in total. The topological polar surface area (TPSA) is 29.3 Å². The molecule has 0 aliphatic carbocycles. The first-order chi connectivity index (χ1) is 7.74. The summed E-state index contributed by atoms with van der Waals surface area (Å²) in [6.45, 7) is 4.77. The fourth-order valence-electron chi connectivity index (χ4n) is 2.41. The largest absolute Gasteiger partial charge is 0.371 e. The molecule has 1 fully saturated rings. The van der Waals surface area contributed by atoms with Crippen LogP contribution in [-0.4, -0.2) is 13.1 Å². The van der Waals surface area contributed by atoms with E-state index in [1.165, 1.54) is 18.9 Å². The number of halogens is 1. The zero-order chi connectivity index (χ0) is 11.5. The number of anilines is 1. The summed E-state index contributed by atoms with van der Waals surface area (Å²) >= 11 is 0. The van der Waals surface area contributed by atoms with Crippen LogP contribution in [0.3, 0.4) is 0 Å². The lowest BCUT2D eigenvalue weighted by atomic mass is 10.1. The average molecular weight is 222 g/mol. The molecule has 88 valence electrons. The lowest BCUT2D eigenvalue weighted by molar-refractivity contribution is 0.569. The van der Waals surface area contributed by atoms with Crippen molar-refractivity contribution in [3.63, 3.8) is 0 Å². The van der Waals surface area contributed by atoms with E-state index in [0.29, 0.717) is 6.54 Å². The second-order valence-corrected chi connectivity index (χ2v) is 4.49. The maximum Gasteiger partial charge on any atom is 0.123 e. The minimum atomic E-state index is -0.199.